The van der Waals surface area contributed by atoms with Crippen LogP contribution in [0.2, 0.25) is 0 Å². The number of hydrogen-bond acceptors (Lipinski definition) is 1. The highest BCUT2D eigenvalue weighted by Gasteiger charge is 2.24. The first-order chi connectivity index (χ1) is 10.5. The van der Waals surface area contributed by atoms with E-state index in [4.69, 9.17) is 0 Å². The fourth-order valence-electron chi connectivity index (χ4n) is 3.49. The van der Waals surface area contributed by atoms with E-state index in [-0.39, 0.29) is 10.8 Å². The average Bonchev–Trinajstić information content (AvgIpc) is 2.35. The van der Waals surface area contributed by atoms with E-state index in [0.29, 0.717) is 0 Å². The molecule has 0 spiro atoms. The maximum Gasteiger partial charge on any atom is 0.0162 e. The van der Waals surface area contributed by atoms with Crippen LogP contribution in [0.25, 0.3) is 0 Å². The molecule has 2 aromatic carbocycles. The smallest absolute Gasteiger partial charge is 0.0162 e. The van der Waals surface area contributed by atoms with E-state index in [1.165, 1.54) is 32.0 Å². The molecule has 0 fully saturated rings. The minimum Gasteiger partial charge on any atom is -0.0895 e. The van der Waals surface area contributed by atoms with Crippen LogP contribution < -0.4 is 0 Å². The molecule has 0 saturated carbocycles. The Balaban J connectivity index is 2.59. The predicted octanol–water partition coefficient (Wildman–Crippen LogP) is 7.05. The molecule has 124 valence electrons. The average molecular weight is 327 g/mol. The Labute approximate surface area is 146 Å². The summed E-state index contributed by atoms with van der Waals surface area (Å²) < 4.78 is 0. The molecule has 0 saturated heterocycles. The highest BCUT2D eigenvalue weighted by Crippen LogP contribution is 2.42. The van der Waals surface area contributed by atoms with E-state index in [1.807, 2.05) is 11.8 Å². The van der Waals surface area contributed by atoms with Crippen molar-refractivity contribution in [2.75, 3.05) is 0 Å². The van der Waals surface area contributed by atoms with Gasteiger partial charge in [0.2, 0.25) is 0 Å². The maximum absolute atomic E-state index is 2.31. The van der Waals surface area contributed by atoms with Gasteiger partial charge in [-0.05, 0) is 59.1 Å². The summed E-state index contributed by atoms with van der Waals surface area (Å²) in [4.78, 5) is 2.77. The molecule has 0 aliphatic carbocycles. The van der Waals surface area contributed by atoms with Gasteiger partial charge in [0.25, 0.3) is 0 Å². The highest BCUT2D eigenvalue weighted by atomic mass is 32.2. The first-order valence-electron chi connectivity index (χ1n) is 8.40. The second-order valence-corrected chi connectivity index (χ2v) is 9.58. The summed E-state index contributed by atoms with van der Waals surface area (Å²) in [5, 5.41) is 0. The van der Waals surface area contributed by atoms with Crippen molar-refractivity contribution in [1.82, 2.24) is 0 Å². The predicted molar refractivity (Wildman–Crippen MR) is 104 cm³/mol. The Hall–Kier alpha value is -1.21. The minimum atomic E-state index is 0.152. The maximum atomic E-state index is 2.31. The molecule has 2 rings (SSSR count). The van der Waals surface area contributed by atoms with Gasteiger partial charge in [-0.25, -0.2) is 0 Å². The van der Waals surface area contributed by atoms with Crippen LogP contribution >= 0.6 is 11.8 Å². The summed E-state index contributed by atoms with van der Waals surface area (Å²) in [6.07, 6.45) is 0. The van der Waals surface area contributed by atoms with Crippen LogP contribution in [0.15, 0.2) is 46.2 Å². The summed E-state index contributed by atoms with van der Waals surface area (Å²) >= 11 is 1.92. The van der Waals surface area contributed by atoms with Crippen molar-refractivity contribution in [3.05, 3.63) is 58.7 Å². The molecule has 0 aliphatic heterocycles. The lowest BCUT2D eigenvalue weighted by Crippen LogP contribution is -2.16. The molecule has 0 radical (unpaired) electrons. The van der Waals surface area contributed by atoms with E-state index in [1.54, 1.807) is 0 Å². The lowest BCUT2D eigenvalue weighted by molar-refractivity contribution is 0.570. The number of aryl methyl sites for hydroxylation is 2. The molecular weight excluding hydrogens is 296 g/mol. The molecule has 1 heteroatoms. The third-order valence-electron chi connectivity index (χ3n) is 4.19. The van der Waals surface area contributed by atoms with E-state index >= 15 is 0 Å². The number of rotatable bonds is 2. The topological polar surface area (TPSA) is 0 Å². The lowest BCUT2D eigenvalue weighted by Gasteiger charge is -2.28. The van der Waals surface area contributed by atoms with E-state index in [9.17, 15) is 0 Å². The summed E-state index contributed by atoms with van der Waals surface area (Å²) in [5.74, 6) is 0. The van der Waals surface area contributed by atoms with Gasteiger partial charge in [-0.3, -0.25) is 0 Å². The molecule has 0 heterocycles. The Morgan fingerprint density at radius 2 is 0.957 bits per heavy atom. The zero-order valence-corrected chi connectivity index (χ0v) is 16.7. The standard InChI is InChI=1S/C22H30S/c1-15-11-9-13-17(19(15)21(3,4)5)23-18-14-10-12-16(2)20(18)22(6,7)8/h9-14H,1-8H3. The Bertz CT molecular complexity index is 635. The molecule has 0 unspecified atom stereocenters. The first kappa shape index (κ1) is 18.1. The largest absolute Gasteiger partial charge is 0.0895 e. The Morgan fingerprint density at radius 1 is 0.609 bits per heavy atom. The second-order valence-electron chi connectivity index (χ2n) is 8.50. The molecule has 2 aromatic rings. The molecule has 23 heavy (non-hydrogen) atoms. The van der Waals surface area contributed by atoms with Gasteiger partial charge in [-0.1, -0.05) is 77.6 Å². The third kappa shape index (κ3) is 4.01. The van der Waals surface area contributed by atoms with Crippen LogP contribution in [0.1, 0.15) is 63.8 Å². The van der Waals surface area contributed by atoms with Crippen molar-refractivity contribution in [1.29, 1.82) is 0 Å². The zero-order chi connectivity index (χ0) is 17.4. The van der Waals surface area contributed by atoms with Crippen LogP contribution in [-0.4, -0.2) is 0 Å². The van der Waals surface area contributed by atoms with Crippen molar-refractivity contribution in [2.24, 2.45) is 0 Å². The SMILES string of the molecule is Cc1cccc(Sc2cccc(C)c2C(C)(C)C)c1C(C)(C)C. The van der Waals surface area contributed by atoms with Gasteiger partial charge < -0.3 is 0 Å². The highest BCUT2D eigenvalue weighted by molar-refractivity contribution is 7.99. The van der Waals surface area contributed by atoms with Crippen molar-refractivity contribution in [2.45, 2.75) is 76.0 Å². The molecular formula is C22H30S. The van der Waals surface area contributed by atoms with Crippen molar-refractivity contribution < 1.29 is 0 Å². The fourth-order valence-corrected chi connectivity index (χ4v) is 5.16. The summed E-state index contributed by atoms with van der Waals surface area (Å²) in [6, 6.07) is 13.4. The second kappa shape index (κ2) is 6.36. The van der Waals surface area contributed by atoms with Crippen LogP contribution in [0.4, 0.5) is 0 Å². The molecule has 0 atom stereocenters. The molecule has 0 aliphatic rings. The normalized spacial score (nSPS) is 12.5. The summed E-state index contributed by atoms with van der Waals surface area (Å²) in [5.41, 5.74) is 6.00. The number of benzene rings is 2. The first-order valence-corrected chi connectivity index (χ1v) is 9.21. The van der Waals surface area contributed by atoms with Crippen molar-refractivity contribution in [3.8, 4) is 0 Å². The van der Waals surface area contributed by atoms with Gasteiger partial charge in [0.05, 0.1) is 0 Å². The van der Waals surface area contributed by atoms with Crippen LogP contribution in [0, 0.1) is 13.8 Å². The van der Waals surface area contributed by atoms with Gasteiger partial charge in [-0.15, -0.1) is 0 Å². The van der Waals surface area contributed by atoms with Gasteiger partial charge in [0, 0.05) is 9.79 Å². The van der Waals surface area contributed by atoms with E-state index < -0.39 is 0 Å². The minimum absolute atomic E-state index is 0.152. The zero-order valence-electron chi connectivity index (χ0n) is 15.9. The van der Waals surface area contributed by atoms with Crippen molar-refractivity contribution >= 4 is 11.8 Å². The molecule has 0 amide bonds. The van der Waals surface area contributed by atoms with Gasteiger partial charge in [0.1, 0.15) is 0 Å². The summed E-state index contributed by atoms with van der Waals surface area (Å²) in [7, 11) is 0. The quantitative estimate of drug-likeness (QED) is 0.569. The molecule has 0 bridgehead atoms. The molecule has 0 aromatic heterocycles. The van der Waals surface area contributed by atoms with Gasteiger partial charge in [0.15, 0.2) is 0 Å². The monoisotopic (exact) mass is 326 g/mol. The summed E-state index contributed by atoms with van der Waals surface area (Å²) in [6.45, 7) is 18.3. The lowest BCUT2D eigenvalue weighted by atomic mass is 9.84. The molecule has 0 N–H and O–H groups in total. The van der Waals surface area contributed by atoms with Crippen LogP contribution in [0.3, 0.4) is 0 Å². The Morgan fingerprint density at radius 3 is 1.26 bits per heavy atom. The number of hydrogen-bond donors (Lipinski definition) is 0. The van der Waals surface area contributed by atoms with Gasteiger partial charge >= 0.3 is 0 Å². The van der Waals surface area contributed by atoms with Gasteiger partial charge in [-0.2, -0.15) is 0 Å². The Kier molecular flexibility index (Phi) is 5.01. The van der Waals surface area contributed by atoms with Crippen LogP contribution in [0.5, 0.6) is 0 Å². The van der Waals surface area contributed by atoms with Crippen LogP contribution in [-0.2, 0) is 10.8 Å². The van der Waals surface area contributed by atoms with E-state index in [0.717, 1.165) is 0 Å². The molecule has 0 nitrogen and oxygen atoms in total. The fraction of sp³-hybridized carbons (Fsp3) is 0.455. The van der Waals surface area contributed by atoms with Crippen molar-refractivity contribution in [3.63, 3.8) is 0 Å². The third-order valence-corrected chi connectivity index (χ3v) is 5.31. The van der Waals surface area contributed by atoms with E-state index in [2.05, 4.69) is 91.8 Å².